The third-order valence-corrected chi connectivity index (χ3v) is 5.72. The van der Waals surface area contributed by atoms with Crippen molar-refractivity contribution in [3.05, 3.63) is 16.7 Å². The molecule has 2 aromatic rings. The number of H-pyrrole nitrogens is 1. The molecule has 16 nitrogen and oxygen atoms in total. The Labute approximate surface area is 239 Å². The number of nitrogens with zero attached hydrogens (tertiary/aromatic N) is 3. The van der Waals surface area contributed by atoms with Gasteiger partial charge in [0.25, 0.3) is 13.4 Å². The summed E-state index contributed by atoms with van der Waals surface area (Å²) in [5.41, 5.74) is 4.56. The topological polar surface area (TPSA) is 261 Å². The zero-order valence-electron chi connectivity index (χ0n) is 16.5. The Balaban J connectivity index is 0.00000300. The first-order valence-electron chi connectivity index (χ1n) is 7.31. The smallest absolute Gasteiger partial charge is 0.790 e. The fourth-order valence-corrected chi connectivity index (χ4v) is 4.03. The number of aromatic nitrogens is 4. The summed E-state index contributed by atoms with van der Waals surface area (Å²) in [6.07, 6.45) is -5.14. The molecule has 5 atom stereocenters. The third-order valence-electron chi connectivity index (χ3n) is 3.66. The zero-order chi connectivity index (χ0) is 20.9. The van der Waals surface area contributed by atoms with Crippen LogP contribution in [-0.4, -0.2) is 54.7 Å². The summed E-state index contributed by atoms with van der Waals surface area (Å²) in [5.74, 6) is -0.253. The summed E-state index contributed by atoms with van der Waals surface area (Å²) in [7, 11) is -11.4. The van der Waals surface area contributed by atoms with E-state index in [-0.39, 0.29) is 106 Å². The van der Waals surface area contributed by atoms with Crippen LogP contribution in [0.3, 0.4) is 0 Å². The van der Waals surface area contributed by atoms with Crippen molar-refractivity contribution in [3.63, 3.8) is 0 Å². The molecule has 1 saturated heterocycles. The van der Waals surface area contributed by atoms with Crippen LogP contribution < -0.4 is 115 Å². The number of anilines is 1. The van der Waals surface area contributed by atoms with Crippen LogP contribution in [0.15, 0.2) is 11.1 Å². The molecule has 21 heteroatoms. The van der Waals surface area contributed by atoms with Gasteiger partial charge in [0.1, 0.15) is 18.3 Å². The predicted molar refractivity (Wildman–Crippen MR) is 80.7 cm³/mol. The van der Waals surface area contributed by atoms with Crippen molar-refractivity contribution in [2.24, 2.45) is 0 Å². The monoisotopic (exact) mass is 509 g/mol. The van der Waals surface area contributed by atoms with E-state index >= 15 is 0 Å². The molecule has 1 fully saturated rings. The van der Waals surface area contributed by atoms with E-state index in [2.05, 4.69) is 23.8 Å². The number of hydrogen-bond acceptors (Lipinski definition) is 14. The maximum Gasteiger partial charge on any atom is 1.00 e. The van der Waals surface area contributed by atoms with Crippen LogP contribution in [0.5, 0.6) is 0 Å². The first-order chi connectivity index (χ1) is 12.9. The molecular formula is C10H12N5Na3O11P2. The number of hydrogen-bond donors (Lipinski definition) is 4. The molecule has 156 valence electrons. The van der Waals surface area contributed by atoms with Crippen molar-refractivity contribution in [2.75, 3.05) is 12.3 Å². The molecule has 0 spiro atoms. The maximum absolute atomic E-state index is 11.8. The molecule has 3 rings (SSSR count). The average molecular weight is 509 g/mol. The summed E-state index contributed by atoms with van der Waals surface area (Å²) in [4.78, 5) is 53.7. The number of aliphatic hydroxyl groups is 2. The van der Waals surface area contributed by atoms with Gasteiger partial charge in [-0.2, -0.15) is 4.98 Å². The van der Waals surface area contributed by atoms with E-state index in [1.54, 1.807) is 0 Å². The fourth-order valence-electron chi connectivity index (χ4n) is 2.54. The van der Waals surface area contributed by atoms with Gasteiger partial charge < -0.3 is 44.5 Å². The van der Waals surface area contributed by atoms with Gasteiger partial charge >= 0.3 is 88.7 Å². The Kier molecular flexibility index (Phi) is 12.8. The standard InChI is InChI=1S/C10H15N5O11P2.3Na/c11-10-13-7-4(8(18)14-10)12-2-15(7)9-6(17)5(16)3(25-9)1-24-28(22,23)26-27(19,20)21;;;/h2-3,5-6,9,16-17H,1H2,(H,22,23)(H2,19,20,21)(H3,11,13,14,18);;;/q;3*+1/p-3/t3-,5-,6-,9-;;;/m1.../s1. The number of phosphoric ester groups is 1. The number of phosphoric acid groups is 2. The number of ether oxygens (including phenoxy) is 1. The van der Waals surface area contributed by atoms with E-state index in [1.165, 1.54) is 0 Å². The van der Waals surface area contributed by atoms with Crippen LogP contribution in [0, 0.1) is 0 Å². The fraction of sp³-hybridized carbons (Fsp3) is 0.500. The Hall–Kier alpha value is 1.29. The van der Waals surface area contributed by atoms with Crippen molar-refractivity contribution < 1.29 is 136 Å². The van der Waals surface area contributed by atoms with Gasteiger partial charge in [-0.1, -0.05) is 0 Å². The minimum absolute atomic E-state index is 0. The van der Waals surface area contributed by atoms with Crippen molar-refractivity contribution >= 4 is 32.8 Å². The second-order valence-corrected chi connectivity index (χ2v) is 8.29. The summed E-state index contributed by atoms with van der Waals surface area (Å²) >= 11 is 0. The van der Waals surface area contributed by atoms with Crippen molar-refractivity contribution in [1.82, 2.24) is 19.5 Å². The number of fused-ring (bicyclic) bond motifs is 1. The molecule has 0 amide bonds. The number of nitrogens with one attached hydrogen (secondary N) is 1. The maximum atomic E-state index is 11.8. The molecule has 31 heavy (non-hydrogen) atoms. The molecule has 1 aliphatic heterocycles. The Morgan fingerprint density at radius 1 is 1.23 bits per heavy atom. The zero-order valence-corrected chi connectivity index (χ0v) is 24.3. The summed E-state index contributed by atoms with van der Waals surface area (Å²) < 4.78 is 35.5. The summed E-state index contributed by atoms with van der Waals surface area (Å²) in [6, 6.07) is 0. The normalized spacial score (nSPS) is 25.2. The van der Waals surface area contributed by atoms with E-state index in [0.29, 0.717) is 0 Å². The van der Waals surface area contributed by atoms with Crippen molar-refractivity contribution in [2.45, 2.75) is 24.5 Å². The Bertz CT molecular complexity index is 1050. The van der Waals surface area contributed by atoms with Gasteiger partial charge in [0.2, 0.25) is 5.95 Å². The van der Waals surface area contributed by atoms with E-state index < -0.39 is 52.4 Å². The molecule has 1 aliphatic rings. The minimum Gasteiger partial charge on any atom is -0.790 e. The van der Waals surface area contributed by atoms with Crippen molar-refractivity contribution in [1.29, 1.82) is 0 Å². The van der Waals surface area contributed by atoms with Crippen molar-refractivity contribution in [3.8, 4) is 0 Å². The molecule has 5 N–H and O–H groups in total. The van der Waals surface area contributed by atoms with Crippen LogP contribution in [0.2, 0.25) is 0 Å². The molecular weight excluding hydrogens is 497 g/mol. The number of aromatic amines is 1. The first kappa shape index (κ1) is 32.3. The molecule has 0 bridgehead atoms. The Morgan fingerprint density at radius 2 is 1.84 bits per heavy atom. The summed E-state index contributed by atoms with van der Waals surface area (Å²) in [5, 5.41) is 20.2. The minimum atomic E-state index is -5.88. The quantitative estimate of drug-likeness (QED) is 0.208. The van der Waals surface area contributed by atoms with Crippen LogP contribution in [0.1, 0.15) is 6.23 Å². The van der Waals surface area contributed by atoms with Crippen LogP contribution in [-0.2, 0) is 22.7 Å². The van der Waals surface area contributed by atoms with Crippen LogP contribution in [0.25, 0.3) is 11.2 Å². The number of nitrogen functional groups attached to an aromatic ring is 1. The molecule has 2 aromatic heterocycles. The van der Waals surface area contributed by atoms with Gasteiger partial charge in [-0.05, 0) is 0 Å². The Morgan fingerprint density at radius 3 is 2.42 bits per heavy atom. The number of rotatable bonds is 6. The third kappa shape index (κ3) is 7.90. The molecule has 0 radical (unpaired) electrons. The predicted octanol–water partition coefficient (Wildman–Crippen LogP) is -13.3. The van der Waals surface area contributed by atoms with E-state index in [1.807, 2.05) is 0 Å². The van der Waals surface area contributed by atoms with E-state index in [4.69, 9.17) is 10.5 Å². The molecule has 0 saturated carbocycles. The van der Waals surface area contributed by atoms with Crippen LogP contribution >= 0.6 is 15.6 Å². The largest absolute Gasteiger partial charge is 1.00 e. The van der Waals surface area contributed by atoms with Gasteiger partial charge in [-0.25, -0.2) is 4.98 Å². The first-order valence-corrected chi connectivity index (χ1v) is 10.2. The molecule has 3 heterocycles. The van der Waals surface area contributed by atoms with Crippen LogP contribution in [0.4, 0.5) is 5.95 Å². The molecule has 1 unspecified atom stereocenters. The second kappa shape index (κ2) is 12.3. The molecule has 0 aliphatic carbocycles. The van der Waals surface area contributed by atoms with Gasteiger partial charge in [0, 0.05) is 0 Å². The number of nitrogens with two attached hydrogens (primary N) is 1. The second-order valence-electron chi connectivity index (χ2n) is 5.59. The number of aliphatic hydroxyl groups excluding tert-OH is 2. The van der Waals surface area contributed by atoms with Gasteiger partial charge in [-0.15, -0.1) is 0 Å². The van der Waals surface area contributed by atoms with E-state index in [9.17, 15) is 38.8 Å². The summed E-state index contributed by atoms with van der Waals surface area (Å²) in [6.45, 7) is -0.988. The van der Waals surface area contributed by atoms with E-state index in [0.717, 1.165) is 10.9 Å². The van der Waals surface area contributed by atoms with Gasteiger partial charge in [0.05, 0.1) is 20.8 Å². The SMILES string of the molecule is Nc1nc2c(ncn2[C@@H]2O[C@H](COP(=O)([O-])OP(=O)([O-])[O-])[C@@H](O)[C@H]2O)c(=O)[nH]1.[Na+].[Na+].[Na+]. The number of imidazole rings is 1. The van der Waals surface area contributed by atoms with Gasteiger partial charge in [0.15, 0.2) is 17.4 Å². The van der Waals surface area contributed by atoms with Gasteiger partial charge in [-0.3, -0.25) is 23.2 Å². The average Bonchev–Trinajstić information content (AvgIpc) is 3.06. The molecule has 0 aromatic carbocycles.